The standard InChI is InChI=1S/C12H15F3O2S/c1-3-5-9-6-7-10(18(16,17)4-2)8-11(9)12(13,14)15/h6-8H,3-5H2,1-2H3. The maximum atomic E-state index is 12.8. The summed E-state index contributed by atoms with van der Waals surface area (Å²) < 4.78 is 61.7. The van der Waals surface area contributed by atoms with Crippen molar-refractivity contribution in [3.05, 3.63) is 29.3 Å². The third-order valence-corrected chi connectivity index (χ3v) is 4.38. The van der Waals surface area contributed by atoms with Gasteiger partial charge in [0.25, 0.3) is 0 Å². The molecule has 1 aromatic carbocycles. The molecule has 2 nitrogen and oxygen atoms in total. The van der Waals surface area contributed by atoms with Crippen molar-refractivity contribution >= 4 is 9.84 Å². The van der Waals surface area contributed by atoms with E-state index in [9.17, 15) is 21.6 Å². The topological polar surface area (TPSA) is 34.1 Å². The van der Waals surface area contributed by atoms with E-state index in [2.05, 4.69) is 0 Å². The molecule has 102 valence electrons. The highest BCUT2D eigenvalue weighted by Crippen LogP contribution is 2.34. The number of hydrogen-bond donors (Lipinski definition) is 0. The van der Waals surface area contributed by atoms with Gasteiger partial charge in [-0.2, -0.15) is 13.2 Å². The summed E-state index contributed by atoms with van der Waals surface area (Å²) in [4.78, 5) is -0.267. The lowest BCUT2D eigenvalue weighted by molar-refractivity contribution is -0.138. The second-order valence-electron chi connectivity index (χ2n) is 3.97. The van der Waals surface area contributed by atoms with Crippen molar-refractivity contribution in [2.75, 3.05) is 5.75 Å². The van der Waals surface area contributed by atoms with Crippen molar-refractivity contribution in [3.8, 4) is 0 Å². The third-order valence-electron chi connectivity index (χ3n) is 2.65. The summed E-state index contributed by atoms with van der Waals surface area (Å²) in [6, 6.07) is 3.25. The average molecular weight is 280 g/mol. The van der Waals surface area contributed by atoms with Crippen LogP contribution >= 0.6 is 0 Å². The van der Waals surface area contributed by atoms with Gasteiger partial charge in [-0.25, -0.2) is 8.42 Å². The van der Waals surface area contributed by atoms with Crippen LogP contribution in [0.1, 0.15) is 31.4 Å². The highest BCUT2D eigenvalue weighted by atomic mass is 32.2. The molecule has 0 saturated heterocycles. The molecule has 0 atom stereocenters. The van der Waals surface area contributed by atoms with E-state index in [1.54, 1.807) is 6.92 Å². The number of sulfone groups is 1. The first-order chi connectivity index (χ1) is 8.22. The molecular formula is C12H15F3O2S. The smallest absolute Gasteiger partial charge is 0.224 e. The predicted molar refractivity (Wildman–Crippen MR) is 63.2 cm³/mol. The normalized spacial score (nSPS) is 12.7. The maximum absolute atomic E-state index is 12.8. The largest absolute Gasteiger partial charge is 0.416 e. The quantitative estimate of drug-likeness (QED) is 0.846. The number of halogens is 3. The van der Waals surface area contributed by atoms with E-state index in [1.165, 1.54) is 19.1 Å². The van der Waals surface area contributed by atoms with Gasteiger partial charge < -0.3 is 0 Å². The van der Waals surface area contributed by atoms with Crippen LogP contribution in [0.2, 0.25) is 0 Å². The molecule has 0 bridgehead atoms. The Morgan fingerprint density at radius 2 is 1.78 bits per heavy atom. The van der Waals surface area contributed by atoms with E-state index in [4.69, 9.17) is 0 Å². The van der Waals surface area contributed by atoms with E-state index < -0.39 is 21.6 Å². The fourth-order valence-corrected chi connectivity index (χ4v) is 2.57. The predicted octanol–water partition coefficient (Wildman–Crippen LogP) is 3.45. The molecule has 0 spiro atoms. The van der Waals surface area contributed by atoms with E-state index in [-0.39, 0.29) is 22.6 Å². The molecule has 18 heavy (non-hydrogen) atoms. The van der Waals surface area contributed by atoms with Crippen LogP contribution in [0.3, 0.4) is 0 Å². The first-order valence-corrected chi connectivity index (χ1v) is 7.30. The molecule has 0 aliphatic heterocycles. The maximum Gasteiger partial charge on any atom is 0.416 e. The number of rotatable bonds is 4. The lowest BCUT2D eigenvalue weighted by Gasteiger charge is -2.14. The average Bonchev–Trinajstić information content (AvgIpc) is 2.28. The van der Waals surface area contributed by atoms with Gasteiger partial charge in [-0.3, -0.25) is 0 Å². The zero-order chi connectivity index (χ0) is 14.0. The summed E-state index contributed by atoms with van der Waals surface area (Å²) in [6.07, 6.45) is -3.67. The lowest BCUT2D eigenvalue weighted by atomic mass is 10.0. The first kappa shape index (κ1) is 15.0. The minimum atomic E-state index is -4.52. The van der Waals surface area contributed by atoms with Crippen molar-refractivity contribution < 1.29 is 21.6 Å². The Labute approximate surface area is 105 Å². The van der Waals surface area contributed by atoms with Crippen molar-refractivity contribution in [3.63, 3.8) is 0 Å². The second-order valence-corrected chi connectivity index (χ2v) is 6.25. The molecule has 0 radical (unpaired) electrons. The summed E-state index contributed by atoms with van der Waals surface area (Å²) in [7, 11) is -3.61. The van der Waals surface area contributed by atoms with Gasteiger partial charge in [0, 0.05) is 0 Å². The lowest BCUT2D eigenvalue weighted by Crippen LogP contribution is -2.12. The summed E-state index contributed by atoms with van der Waals surface area (Å²) in [6.45, 7) is 3.18. The first-order valence-electron chi connectivity index (χ1n) is 5.65. The van der Waals surface area contributed by atoms with Gasteiger partial charge in [-0.05, 0) is 24.1 Å². The van der Waals surface area contributed by atoms with Crippen molar-refractivity contribution in [2.24, 2.45) is 0 Å². The molecule has 1 rings (SSSR count). The molecular weight excluding hydrogens is 265 g/mol. The van der Waals surface area contributed by atoms with E-state index in [0.717, 1.165) is 6.07 Å². The van der Waals surface area contributed by atoms with Gasteiger partial charge >= 0.3 is 6.18 Å². The SMILES string of the molecule is CCCc1ccc(S(=O)(=O)CC)cc1C(F)(F)F. The summed E-state index contributed by atoms with van der Waals surface area (Å²) in [5.41, 5.74) is -0.709. The Hall–Kier alpha value is -1.04. The van der Waals surface area contributed by atoms with Crippen molar-refractivity contribution in [1.82, 2.24) is 0 Å². The molecule has 1 aromatic rings. The Kier molecular flexibility index (Phi) is 4.42. The van der Waals surface area contributed by atoms with Gasteiger partial charge in [0.1, 0.15) is 0 Å². The van der Waals surface area contributed by atoms with E-state index in [0.29, 0.717) is 6.42 Å². The Balaban J connectivity index is 3.40. The Bertz CT molecular complexity index is 519. The Morgan fingerprint density at radius 1 is 1.17 bits per heavy atom. The second kappa shape index (κ2) is 5.30. The van der Waals surface area contributed by atoms with Crippen molar-refractivity contribution in [1.29, 1.82) is 0 Å². The van der Waals surface area contributed by atoms with Gasteiger partial charge in [0.05, 0.1) is 16.2 Å². The van der Waals surface area contributed by atoms with Crippen LogP contribution in [0.15, 0.2) is 23.1 Å². The molecule has 0 heterocycles. The number of hydrogen-bond acceptors (Lipinski definition) is 2. The van der Waals surface area contributed by atoms with E-state index >= 15 is 0 Å². The monoisotopic (exact) mass is 280 g/mol. The molecule has 6 heteroatoms. The zero-order valence-corrected chi connectivity index (χ0v) is 11.0. The van der Waals surface area contributed by atoms with Crippen LogP contribution in [-0.2, 0) is 22.4 Å². The van der Waals surface area contributed by atoms with Crippen LogP contribution < -0.4 is 0 Å². The minimum absolute atomic E-state index is 0.139. The van der Waals surface area contributed by atoms with Gasteiger partial charge in [-0.15, -0.1) is 0 Å². The van der Waals surface area contributed by atoms with Crippen molar-refractivity contribution in [2.45, 2.75) is 37.8 Å². The Morgan fingerprint density at radius 3 is 2.22 bits per heavy atom. The van der Waals surface area contributed by atoms with Gasteiger partial charge in [-0.1, -0.05) is 26.3 Å². The third kappa shape index (κ3) is 3.25. The van der Waals surface area contributed by atoms with Gasteiger partial charge in [0.15, 0.2) is 9.84 Å². The molecule has 0 amide bonds. The molecule has 0 saturated carbocycles. The summed E-state index contributed by atoms with van der Waals surface area (Å²) in [5.74, 6) is -0.211. The fourth-order valence-electron chi connectivity index (χ4n) is 1.67. The summed E-state index contributed by atoms with van der Waals surface area (Å²) in [5, 5.41) is 0. The van der Waals surface area contributed by atoms with Gasteiger partial charge in [0.2, 0.25) is 0 Å². The summed E-state index contributed by atoms with van der Waals surface area (Å²) >= 11 is 0. The molecule has 0 unspecified atom stereocenters. The number of alkyl halides is 3. The zero-order valence-electron chi connectivity index (χ0n) is 10.2. The van der Waals surface area contributed by atoms with Crippen LogP contribution in [0, 0.1) is 0 Å². The number of aryl methyl sites for hydroxylation is 1. The fraction of sp³-hybridized carbons (Fsp3) is 0.500. The highest BCUT2D eigenvalue weighted by Gasteiger charge is 2.34. The highest BCUT2D eigenvalue weighted by molar-refractivity contribution is 7.91. The van der Waals surface area contributed by atoms with E-state index in [1.807, 2.05) is 0 Å². The van der Waals surface area contributed by atoms with Crippen LogP contribution in [0.4, 0.5) is 13.2 Å². The molecule has 0 aromatic heterocycles. The molecule has 0 aliphatic carbocycles. The molecule has 0 fully saturated rings. The molecule has 0 N–H and O–H groups in total. The molecule has 0 aliphatic rings. The van der Waals surface area contributed by atoms with Crippen LogP contribution in [0.5, 0.6) is 0 Å². The van der Waals surface area contributed by atoms with Crippen LogP contribution in [0.25, 0.3) is 0 Å². The van der Waals surface area contributed by atoms with Crippen LogP contribution in [-0.4, -0.2) is 14.2 Å². The minimum Gasteiger partial charge on any atom is -0.224 e. The number of benzene rings is 1.